The lowest BCUT2D eigenvalue weighted by atomic mass is 9.89. The molecule has 1 aromatic rings. The van der Waals surface area contributed by atoms with Crippen molar-refractivity contribution in [2.45, 2.75) is 38.6 Å². The van der Waals surface area contributed by atoms with Crippen LogP contribution in [0.4, 0.5) is 5.69 Å². The first-order chi connectivity index (χ1) is 9.56. The van der Waals surface area contributed by atoms with Crippen LogP contribution in [0, 0.1) is 5.92 Å². The summed E-state index contributed by atoms with van der Waals surface area (Å²) < 4.78 is 1.37. The summed E-state index contributed by atoms with van der Waals surface area (Å²) in [5.74, 6) is 0.568. The molecule has 20 heavy (non-hydrogen) atoms. The molecule has 110 valence electrons. The van der Waals surface area contributed by atoms with Gasteiger partial charge in [-0.05, 0) is 24.8 Å². The number of aromatic nitrogens is 1. The van der Waals surface area contributed by atoms with Crippen LogP contribution in [-0.4, -0.2) is 29.0 Å². The molecule has 5 nitrogen and oxygen atoms in total. The molecule has 5 heteroatoms. The zero-order valence-electron chi connectivity index (χ0n) is 12.0. The lowest BCUT2D eigenvalue weighted by Crippen LogP contribution is -2.37. The van der Waals surface area contributed by atoms with E-state index in [1.807, 2.05) is 7.05 Å². The lowest BCUT2D eigenvalue weighted by molar-refractivity contribution is -0.131. The number of nitrogens with two attached hydrogens (primary N) is 1. The Bertz CT molecular complexity index is 518. The normalized spacial score (nSPS) is 16.1. The van der Waals surface area contributed by atoms with Crippen LogP contribution < -0.4 is 11.3 Å². The van der Waals surface area contributed by atoms with Gasteiger partial charge in [0.05, 0.1) is 0 Å². The molecule has 0 aromatic carbocycles. The van der Waals surface area contributed by atoms with E-state index in [1.54, 1.807) is 11.0 Å². The summed E-state index contributed by atoms with van der Waals surface area (Å²) in [6, 6.07) is 2.94. The number of amides is 1. The zero-order valence-corrected chi connectivity index (χ0v) is 12.0. The van der Waals surface area contributed by atoms with Crippen LogP contribution in [-0.2, 0) is 11.3 Å². The van der Waals surface area contributed by atoms with Crippen LogP contribution in [0.1, 0.15) is 32.1 Å². The summed E-state index contributed by atoms with van der Waals surface area (Å²) in [5, 5.41) is 0. The lowest BCUT2D eigenvalue weighted by Gasteiger charge is -2.27. The number of carbonyl (C=O) groups is 1. The summed E-state index contributed by atoms with van der Waals surface area (Å²) in [6.45, 7) is 0.850. The van der Waals surface area contributed by atoms with Crippen molar-refractivity contribution in [1.82, 2.24) is 9.47 Å². The molecule has 1 fully saturated rings. The first kappa shape index (κ1) is 14.6. The highest BCUT2D eigenvalue weighted by Crippen LogP contribution is 2.24. The second kappa shape index (κ2) is 6.59. The summed E-state index contributed by atoms with van der Waals surface area (Å²) in [6.07, 6.45) is 7.77. The van der Waals surface area contributed by atoms with Gasteiger partial charge in [0.25, 0.3) is 5.56 Å². The molecular weight excluding hydrogens is 254 g/mol. The molecule has 2 N–H and O–H groups in total. The Hall–Kier alpha value is -1.78. The Morgan fingerprint density at radius 1 is 1.35 bits per heavy atom. The van der Waals surface area contributed by atoms with Gasteiger partial charge in [-0.3, -0.25) is 9.59 Å². The average molecular weight is 277 g/mol. The van der Waals surface area contributed by atoms with Gasteiger partial charge in [0.15, 0.2) is 0 Å². The number of hydrogen-bond donors (Lipinski definition) is 1. The van der Waals surface area contributed by atoms with E-state index in [9.17, 15) is 9.59 Å². The molecule has 1 saturated carbocycles. The smallest absolute Gasteiger partial charge is 0.251 e. The van der Waals surface area contributed by atoms with Gasteiger partial charge >= 0.3 is 0 Å². The molecule has 0 spiro atoms. The van der Waals surface area contributed by atoms with Crippen molar-refractivity contribution in [1.29, 1.82) is 0 Å². The standard InChI is InChI=1S/C15H23N3O2/c1-17(9-12-5-3-2-4-6-12)15(20)11-18-10-13(16)7-8-14(18)19/h7-8,10,12H,2-6,9,11,16H2,1H3. The maximum absolute atomic E-state index is 12.2. The quantitative estimate of drug-likeness (QED) is 0.906. The molecule has 2 rings (SSSR count). The third-order valence-corrected chi connectivity index (χ3v) is 3.99. The molecule has 0 radical (unpaired) electrons. The molecule has 0 bridgehead atoms. The molecule has 1 aromatic heterocycles. The van der Waals surface area contributed by atoms with Crippen molar-refractivity contribution >= 4 is 11.6 Å². The zero-order chi connectivity index (χ0) is 14.5. The van der Waals surface area contributed by atoms with Crippen LogP contribution >= 0.6 is 0 Å². The maximum atomic E-state index is 12.2. The van der Waals surface area contributed by atoms with Crippen molar-refractivity contribution in [3.05, 3.63) is 28.7 Å². The fraction of sp³-hybridized carbons (Fsp3) is 0.600. The van der Waals surface area contributed by atoms with Crippen LogP contribution in [0.5, 0.6) is 0 Å². The van der Waals surface area contributed by atoms with E-state index in [0.717, 1.165) is 6.54 Å². The maximum Gasteiger partial charge on any atom is 0.251 e. The number of pyridine rings is 1. The van der Waals surface area contributed by atoms with E-state index in [-0.39, 0.29) is 18.0 Å². The predicted octanol–water partition coefficient (Wildman–Crippen LogP) is 1.47. The number of nitrogen functional groups attached to an aromatic ring is 1. The molecule has 1 amide bonds. The number of carbonyl (C=O) groups excluding carboxylic acids is 1. The average Bonchev–Trinajstić information content (AvgIpc) is 2.44. The first-order valence-electron chi connectivity index (χ1n) is 7.26. The highest BCUT2D eigenvalue weighted by atomic mass is 16.2. The van der Waals surface area contributed by atoms with Crippen molar-refractivity contribution in [3.8, 4) is 0 Å². The number of likely N-dealkylation sites (N-methyl/N-ethyl adjacent to an activating group) is 1. The Morgan fingerprint density at radius 2 is 2.05 bits per heavy atom. The van der Waals surface area contributed by atoms with E-state index in [2.05, 4.69) is 0 Å². The topological polar surface area (TPSA) is 68.3 Å². The van der Waals surface area contributed by atoms with Gasteiger partial charge < -0.3 is 15.2 Å². The second-order valence-corrected chi connectivity index (χ2v) is 5.71. The summed E-state index contributed by atoms with van der Waals surface area (Å²) in [5.41, 5.74) is 5.94. The number of nitrogens with zero attached hydrogens (tertiary/aromatic N) is 2. The highest BCUT2D eigenvalue weighted by molar-refractivity contribution is 5.75. The Labute approximate surface area is 119 Å². The van der Waals surface area contributed by atoms with Crippen LogP contribution in [0.2, 0.25) is 0 Å². The Balaban J connectivity index is 1.93. The highest BCUT2D eigenvalue weighted by Gasteiger charge is 2.18. The van der Waals surface area contributed by atoms with Crippen molar-refractivity contribution in [3.63, 3.8) is 0 Å². The molecule has 0 saturated heterocycles. The third kappa shape index (κ3) is 3.85. The van der Waals surface area contributed by atoms with Gasteiger partial charge in [-0.2, -0.15) is 0 Å². The van der Waals surface area contributed by atoms with E-state index < -0.39 is 0 Å². The molecule has 0 unspecified atom stereocenters. The minimum absolute atomic E-state index is 0.0386. The van der Waals surface area contributed by atoms with Crippen LogP contribution in [0.15, 0.2) is 23.1 Å². The van der Waals surface area contributed by atoms with E-state index >= 15 is 0 Å². The fourth-order valence-electron chi connectivity index (χ4n) is 2.80. The van der Waals surface area contributed by atoms with Crippen LogP contribution in [0.25, 0.3) is 0 Å². The predicted molar refractivity (Wildman–Crippen MR) is 79.3 cm³/mol. The SMILES string of the molecule is CN(CC1CCCCC1)C(=O)Cn1cc(N)ccc1=O. The van der Waals surface area contributed by atoms with E-state index in [1.165, 1.54) is 48.9 Å². The van der Waals surface area contributed by atoms with Crippen molar-refractivity contribution in [2.75, 3.05) is 19.3 Å². The van der Waals surface area contributed by atoms with Gasteiger partial charge in [0.2, 0.25) is 5.91 Å². The third-order valence-electron chi connectivity index (χ3n) is 3.99. The molecule has 1 heterocycles. The summed E-state index contributed by atoms with van der Waals surface area (Å²) in [4.78, 5) is 25.6. The molecule has 0 aliphatic heterocycles. The fourth-order valence-corrected chi connectivity index (χ4v) is 2.80. The first-order valence-corrected chi connectivity index (χ1v) is 7.26. The van der Waals surface area contributed by atoms with Gasteiger partial charge in [0, 0.05) is 31.5 Å². The Morgan fingerprint density at radius 3 is 2.75 bits per heavy atom. The number of rotatable bonds is 4. The van der Waals surface area contributed by atoms with Crippen molar-refractivity contribution in [2.24, 2.45) is 5.92 Å². The molecular formula is C15H23N3O2. The number of anilines is 1. The van der Waals surface area contributed by atoms with Gasteiger partial charge in [-0.25, -0.2) is 0 Å². The Kier molecular flexibility index (Phi) is 4.82. The van der Waals surface area contributed by atoms with Gasteiger partial charge in [0.1, 0.15) is 6.54 Å². The minimum atomic E-state index is -0.196. The minimum Gasteiger partial charge on any atom is -0.398 e. The largest absolute Gasteiger partial charge is 0.398 e. The second-order valence-electron chi connectivity index (χ2n) is 5.71. The number of hydrogen-bond acceptors (Lipinski definition) is 3. The van der Waals surface area contributed by atoms with Crippen LogP contribution in [0.3, 0.4) is 0 Å². The monoisotopic (exact) mass is 277 g/mol. The van der Waals surface area contributed by atoms with E-state index in [0.29, 0.717) is 11.6 Å². The van der Waals surface area contributed by atoms with Gasteiger partial charge in [-0.15, -0.1) is 0 Å². The molecule has 0 atom stereocenters. The summed E-state index contributed by atoms with van der Waals surface area (Å²) in [7, 11) is 1.81. The molecule has 1 aliphatic rings. The van der Waals surface area contributed by atoms with E-state index in [4.69, 9.17) is 5.73 Å². The van der Waals surface area contributed by atoms with Crippen molar-refractivity contribution < 1.29 is 4.79 Å². The summed E-state index contributed by atoms with van der Waals surface area (Å²) >= 11 is 0. The van der Waals surface area contributed by atoms with Gasteiger partial charge in [-0.1, -0.05) is 19.3 Å². The molecule has 1 aliphatic carbocycles.